The van der Waals surface area contributed by atoms with E-state index in [9.17, 15) is 8.42 Å². The molecule has 112 valence electrons. The Morgan fingerprint density at radius 2 is 1.85 bits per heavy atom. The Balaban J connectivity index is 2.07. The minimum absolute atomic E-state index is 0.364. The minimum atomic E-state index is -3.44. The molecule has 1 aromatic rings. The fourth-order valence-electron chi connectivity index (χ4n) is 2.53. The van der Waals surface area contributed by atoms with Crippen molar-refractivity contribution in [2.75, 3.05) is 12.0 Å². The minimum Gasteiger partial charge on any atom is -0.324 e. The maximum absolute atomic E-state index is 12.4. The lowest BCUT2D eigenvalue weighted by Crippen LogP contribution is -2.26. The number of hydrogen-bond donors (Lipinski definition) is 3. The van der Waals surface area contributed by atoms with Crippen molar-refractivity contribution in [1.82, 2.24) is 4.72 Å². The van der Waals surface area contributed by atoms with E-state index in [4.69, 9.17) is 5.84 Å². The van der Waals surface area contributed by atoms with Crippen LogP contribution in [0.4, 0.5) is 5.69 Å². The Kier molecular flexibility index (Phi) is 4.67. The molecule has 1 saturated carbocycles. The van der Waals surface area contributed by atoms with E-state index in [1.54, 1.807) is 26.0 Å². The molecule has 2 rings (SSSR count). The predicted octanol–water partition coefficient (Wildman–Crippen LogP) is 2.06. The molecule has 0 amide bonds. The van der Waals surface area contributed by atoms with Gasteiger partial charge in [0.15, 0.2) is 0 Å². The molecular weight excluding hydrogens is 274 g/mol. The monoisotopic (exact) mass is 297 g/mol. The number of benzene rings is 1. The number of nitrogens with one attached hydrogen (secondary N) is 2. The van der Waals surface area contributed by atoms with E-state index in [-0.39, 0.29) is 0 Å². The standard InChI is InChI=1S/C14H23N3O2S/c1-10-8-13(17-15)9-11(2)14(10)20(18,19)16-7-3-4-12-5-6-12/h8-9,12,16-17H,3-7,15H2,1-2H3. The lowest BCUT2D eigenvalue weighted by Gasteiger charge is -2.14. The molecule has 0 heterocycles. The normalized spacial score (nSPS) is 15.3. The van der Waals surface area contributed by atoms with Gasteiger partial charge in [-0.2, -0.15) is 0 Å². The van der Waals surface area contributed by atoms with E-state index in [0.717, 1.165) is 18.8 Å². The summed E-state index contributed by atoms with van der Waals surface area (Å²) < 4.78 is 27.4. The third-order valence-electron chi connectivity index (χ3n) is 3.67. The maximum atomic E-state index is 12.4. The number of rotatable bonds is 7. The first-order valence-corrected chi connectivity index (χ1v) is 8.50. The predicted molar refractivity (Wildman–Crippen MR) is 80.9 cm³/mol. The summed E-state index contributed by atoms with van der Waals surface area (Å²) in [6.45, 7) is 4.08. The molecule has 0 unspecified atom stereocenters. The van der Waals surface area contributed by atoms with Gasteiger partial charge in [-0.3, -0.25) is 5.84 Å². The number of nitrogen functional groups attached to an aromatic ring is 1. The van der Waals surface area contributed by atoms with E-state index in [1.807, 2.05) is 0 Å². The largest absolute Gasteiger partial charge is 0.324 e. The van der Waals surface area contributed by atoms with Gasteiger partial charge in [0.2, 0.25) is 10.0 Å². The molecule has 20 heavy (non-hydrogen) atoms. The lowest BCUT2D eigenvalue weighted by atomic mass is 10.1. The number of hydrogen-bond acceptors (Lipinski definition) is 4. The summed E-state index contributed by atoms with van der Waals surface area (Å²) in [4.78, 5) is 0.364. The lowest BCUT2D eigenvalue weighted by molar-refractivity contribution is 0.571. The molecule has 0 spiro atoms. The molecule has 0 aromatic heterocycles. The van der Waals surface area contributed by atoms with Gasteiger partial charge in [0.1, 0.15) is 0 Å². The number of hydrazine groups is 1. The SMILES string of the molecule is Cc1cc(NN)cc(C)c1S(=O)(=O)NCCCC1CC1. The fourth-order valence-corrected chi connectivity index (χ4v) is 4.06. The fraction of sp³-hybridized carbons (Fsp3) is 0.571. The first kappa shape index (κ1) is 15.3. The third kappa shape index (κ3) is 3.71. The summed E-state index contributed by atoms with van der Waals surface area (Å²) in [6, 6.07) is 3.48. The van der Waals surface area contributed by atoms with Crippen molar-refractivity contribution in [2.45, 2.75) is 44.4 Å². The van der Waals surface area contributed by atoms with Crippen molar-refractivity contribution in [3.8, 4) is 0 Å². The van der Waals surface area contributed by atoms with Crippen molar-refractivity contribution < 1.29 is 8.42 Å². The molecule has 1 aliphatic rings. The zero-order chi connectivity index (χ0) is 14.8. The molecule has 6 heteroatoms. The van der Waals surface area contributed by atoms with Crippen LogP contribution in [0.3, 0.4) is 0 Å². The van der Waals surface area contributed by atoms with Crippen molar-refractivity contribution >= 4 is 15.7 Å². The first-order valence-electron chi connectivity index (χ1n) is 7.01. The number of nitrogens with two attached hydrogens (primary N) is 1. The molecule has 1 aliphatic carbocycles. The van der Waals surface area contributed by atoms with Crippen LogP contribution in [0, 0.1) is 19.8 Å². The van der Waals surface area contributed by atoms with Crippen LogP contribution in [0.2, 0.25) is 0 Å². The molecule has 0 saturated heterocycles. The molecule has 0 bridgehead atoms. The molecular formula is C14H23N3O2S. The highest BCUT2D eigenvalue weighted by atomic mass is 32.2. The molecule has 4 N–H and O–H groups in total. The van der Waals surface area contributed by atoms with E-state index in [1.165, 1.54) is 12.8 Å². The van der Waals surface area contributed by atoms with Gasteiger partial charge in [-0.1, -0.05) is 12.8 Å². The Morgan fingerprint density at radius 1 is 1.25 bits per heavy atom. The van der Waals surface area contributed by atoms with Crippen LogP contribution in [-0.4, -0.2) is 15.0 Å². The van der Waals surface area contributed by atoms with Crippen LogP contribution in [0.1, 0.15) is 36.8 Å². The summed E-state index contributed by atoms with van der Waals surface area (Å²) in [6.07, 6.45) is 4.64. The summed E-state index contributed by atoms with van der Waals surface area (Å²) in [5.41, 5.74) is 4.66. The number of aryl methyl sites for hydroxylation is 2. The second kappa shape index (κ2) is 6.11. The summed E-state index contributed by atoms with van der Waals surface area (Å²) >= 11 is 0. The Morgan fingerprint density at radius 3 is 2.35 bits per heavy atom. The maximum Gasteiger partial charge on any atom is 0.241 e. The Labute approximate surface area is 121 Å². The van der Waals surface area contributed by atoms with Gasteiger partial charge in [-0.15, -0.1) is 0 Å². The highest BCUT2D eigenvalue weighted by Crippen LogP contribution is 2.33. The number of sulfonamides is 1. The van der Waals surface area contributed by atoms with Crippen molar-refractivity contribution in [3.05, 3.63) is 23.3 Å². The van der Waals surface area contributed by atoms with Gasteiger partial charge in [0.25, 0.3) is 0 Å². The van der Waals surface area contributed by atoms with Gasteiger partial charge in [-0.05, 0) is 55.9 Å². The average molecular weight is 297 g/mol. The topological polar surface area (TPSA) is 84.2 Å². The zero-order valence-corrected chi connectivity index (χ0v) is 12.9. The molecule has 5 nitrogen and oxygen atoms in total. The van der Waals surface area contributed by atoms with Crippen molar-refractivity contribution in [1.29, 1.82) is 0 Å². The molecule has 1 fully saturated rings. The van der Waals surface area contributed by atoms with E-state index in [0.29, 0.717) is 28.3 Å². The van der Waals surface area contributed by atoms with Gasteiger partial charge in [0, 0.05) is 12.2 Å². The van der Waals surface area contributed by atoms with Crippen LogP contribution in [0.15, 0.2) is 17.0 Å². The highest BCUT2D eigenvalue weighted by molar-refractivity contribution is 7.89. The summed E-state index contributed by atoms with van der Waals surface area (Å²) in [5.74, 6) is 6.20. The van der Waals surface area contributed by atoms with Crippen molar-refractivity contribution in [2.24, 2.45) is 11.8 Å². The molecule has 0 aliphatic heterocycles. The third-order valence-corrected chi connectivity index (χ3v) is 5.44. The second-order valence-corrected chi connectivity index (χ2v) is 7.27. The van der Waals surface area contributed by atoms with E-state index < -0.39 is 10.0 Å². The van der Waals surface area contributed by atoms with Crippen LogP contribution in [0.25, 0.3) is 0 Å². The number of anilines is 1. The van der Waals surface area contributed by atoms with Crippen LogP contribution in [0.5, 0.6) is 0 Å². The Bertz CT molecular complexity index is 557. The highest BCUT2D eigenvalue weighted by Gasteiger charge is 2.22. The van der Waals surface area contributed by atoms with Crippen LogP contribution >= 0.6 is 0 Å². The summed E-state index contributed by atoms with van der Waals surface area (Å²) in [7, 11) is -3.44. The zero-order valence-electron chi connectivity index (χ0n) is 12.1. The van der Waals surface area contributed by atoms with Crippen molar-refractivity contribution in [3.63, 3.8) is 0 Å². The van der Waals surface area contributed by atoms with E-state index in [2.05, 4.69) is 10.1 Å². The van der Waals surface area contributed by atoms with Crippen LogP contribution < -0.4 is 16.0 Å². The summed E-state index contributed by atoms with van der Waals surface area (Å²) in [5, 5.41) is 0. The van der Waals surface area contributed by atoms with Gasteiger partial charge < -0.3 is 5.43 Å². The average Bonchev–Trinajstić information content (AvgIpc) is 3.17. The van der Waals surface area contributed by atoms with E-state index >= 15 is 0 Å². The second-order valence-electron chi connectivity index (χ2n) is 5.57. The van der Waals surface area contributed by atoms with Gasteiger partial charge in [-0.25, -0.2) is 13.1 Å². The quantitative estimate of drug-likeness (QED) is 0.408. The van der Waals surface area contributed by atoms with Gasteiger partial charge >= 0.3 is 0 Å². The molecule has 1 aromatic carbocycles. The first-order chi connectivity index (χ1) is 9.44. The van der Waals surface area contributed by atoms with Crippen LogP contribution in [-0.2, 0) is 10.0 Å². The molecule has 0 atom stereocenters. The molecule has 0 radical (unpaired) electrons. The Hall–Kier alpha value is -1.11. The smallest absolute Gasteiger partial charge is 0.241 e. The van der Waals surface area contributed by atoms with Gasteiger partial charge in [0.05, 0.1) is 4.90 Å².